The highest BCUT2D eigenvalue weighted by atomic mass is 14.9. The van der Waals surface area contributed by atoms with Crippen molar-refractivity contribution in [1.29, 1.82) is 0 Å². The van der Waals surface area contributed by atoms with Crippen LogP contribution in [0.3, 0.4) is 0 Å². The molecular weight excluding hydrogens is 188 g/mol. The summed E-state index contributed by atoms with van der Waals surface area (Å²) < 4.78 is 0. The lowest BCUT2D eigenvalue weighted by Crippen LogP contribution is -1.95. The van der Waals surface area contributed by atoms with E-state index in [9.17, 15) is 0 Å². The maximum atomic E-state index is 5.33. The molecule has 78 valence electrons. The summed E-state index contributed by atoms with van der Waals surface area (Å²) in [6.45, 7) is 1.97. The van der Waals surface area contributed by atoms with Crippen LogP contribution in [0.2, 0.25) is 0 Å². The Morgan fingerprint density at radius 1 is 0.933 bits per heavy atom. The van der Waals surface area contributed by atoms with Gasteiger partial charge in [-0.15, -0.1) is 0 Å². The van der Waals surface area contributed by atoms with Crippen LogP contribution in [0.25, 0.3) is 0 Å². The zero-order chi connectivity index (χ0) is 11.1. The average Bonchev–Trinajstić information content (AvgIpc) is 2.25. The molecule has 2 aromatic heterocycles. The van der Waals surface area contributed by atoms with Gasteiger partial charge in [-0.3, -0.25) is 4.98 Å². The quantitative estimate of drug-likeness (QED) is 0.680. The van der Waals surface area contributed by atoms with E-state index < -0.39 is 0 Å². The molecule has 0 fully saturated rings. The van der Waals surface area contributed by atoms with Crippen molar-refractivity contribution in [2.45, 2.75) is 6.92 Å². The lowest BCUT2D eigenvalue weighted by Gasteiger charge is -1.92. The molecule has 2 heterocycles. The molecule has 0 aliphatic carbocycles. The first-order valence-electron chi connectivity index (χ1n) is 4.53. The predicted molar refractivity (Wildman–Crippen MR) is 62.0 cm³/mol. The summed E-state index contributed by atoms with van der Waals surface area (Å²) in [7, 11) is 0. The number of nitrogens with two attached hydrogens (primary N) is 2. The van der Waals surface area contributed by atoms with E-state index >= 15 is 0 Å². The van der Waals surface area contributed by atoms with Gasteiger partial charge in [0.1, 0.15) is 5.82 Å². The molecule has 0 unspecified atom stereocenters. The minimum absolute atomic E-state index is 0.396. The highest BCUT2D eigenvalue weighted by molar-refractivity contribution is 5.56. The van der Waals surface area contributed by atoms with Crippen LogP contribution in [0, 0.1) is 6.92 Å². The minimum atomic E-state index is 0.396. The Kier molecular flexibility index (Phi) is 4.09. The second-order valence-corrected chi connectivity index (χ2v) is 2.95. The van der Waals surface area contributed by atoms with E-state index in [2.05, 4.69) is 9.97 Å². The third kappa shape index (κ3) is 4.08. The Labute approximate surface area is 89.0 Å². The summed E-state index contributed by atoms with van der Waals surface area (Å²) in [5.41, 5.74) is 12.2. The molecule has 0 bridgehead atoms. The van der Waals surface area contributed by atoms with E-state index in [1.165, 1.54) is 0 Å². The zero-order valence-corrected chi connectivity index (χ0v) is 8.59. The van der Waals surface area contributed by atoms with Crippen molar-refractivity contribution in [1.82, 2.24) is 9.97 Å². The third-order valence-electron chi connectivity index (χ3n) is 1.68. The van der Waals surface area contributed by atoms with Crippen molar-refractivity contribution in [3.63, 3.8) is 0 Å². The Hall–Kier alpha value is -2.10. The first-order chi connectivity index (χ1) is 7.20. The molecule has 0 atom stereocenters. The number of nitrogen functional groups attached to an aromatic ring is 2. The van der Waals surface area contributed by atoms with E-state index in [1.54, 1.807) is 24.5 Å². The van der Waals surface area contributed by atoms with Gasteiger partial charge in [0.05, 0.1) is 5.69 Å². The molecular formula is C11H14N4. The first-order valence-corrected chi connectivity index (χ1v) is 4.53. The van der Waals surface area contributed by atoms with Crippen LogP contribution < -0.4 is 11.5 Å². The van der Waals surface area contributed by atoms with Crippen molar-refractivity contribution in [3.8, 4) is 0 Å². The summed E-state index contributed by atoms with van der Waals surface area (Å²) in [4.78, 5) is 7.71. The second kappa shape index (κ2) is 5.59. The molecule has 4 N–H and O–H groups in total. The highest BCUT2D eigenvalue weighted by Crippen LogP contribution is 2.06. The van der Waals surface area contributed by atoms with Gasteiger partial charge >= 0.3 is 0 Å². The van der Waals surface area contributed by atoms with Crippen molar-refractivity contribution in [2.24, 2.45) is 0 Å². The van der Waals surface area contributed by atoms with Gasteiger partial charge in [0, 0.05) is 18.1 Å². The van der Waals surface area contributed by atoms with Crippen molar-refractivity contribution >= 4 is 11.5 Å². The molecule has 15 heavy (non-hydrogen) atoms. The molecule has 0 spiro atoms. The monoisotopic (exact) mass is 202 g/mol. The number of nitrogens with zero attached hydrogens (tertiary/aromatic N) is 2. The van der Waals surface area contributed by atoms with Gasteiger partial charge in [0.2, 0.25) is 0 Å². The van der Waals surface area contributed by atoms with Crippen LogP contribution in [0.4, 0.5) is 11.5 Å². The van der Waals surface area contributed by atoms with Crippen molar-refractivity contribution in [3.05, 3.63) is 48.4 Å². The van der Waals surface area contributed by atoms with E-state index in [0.29, 0.717) is 11.5 Å². The highest BCUT2D eigenvalue weighted by Gasteiger charge is 1.87. The Morgan fingerprint density at radius 3 is 2.00 bits per heavy atom. The number of rotatable bonds is 0. The lowest BCUT2D eigenvalue weighted by atomic mass is 10.4. The van der Waals surface area contributed by atoms with Gasteiger partial charge in [-0.05, 0) is 31.2 Å². The fourth-order valence-electron chi connectivity index (χ4n) is 0.878. The van der Waals surface area contributed by atoms with Crippen LogP contribution in [0.15, 0.2) is 42.7 Å². The molecule has 0 aromatic carbocycles. The van der Waals surface area contributed by atoms with Crippen molar-refractivity contribution < 1.29 is 0 Å². The molecule has 0 amide bonds. The maximum absolute atomic E-state index is 5.33. The topological polar surface area (TPSA) is 77.8 Å². The van der Waals surface area contributed by atoms with Gasteiger partial charge in [-0.2, -0.15) is 0 Å². The molecule has 4 nitrogen and oxygen atoms in total. The summed E-state index contributed by atoms with van der Waals surface area (Å²) in [5, 5.41) is 0. The Morgan fingerprint density at radius 2 is 1.67 bits per heavy atom. The third-order valence-corrected chi connectivity index (χ3v) is 1.68. The fraction of sp³-hybridized carbons (Fsp3) is 0.0909. The normalized spacial score (nSPS) is 8.87. The smallest absolute Gasteiger partial charge is 0.146 e. The molecule has 2 rings (SSSR count). The Bertz CT molecular complexity index is 379. The van der Waals surface area contributed by atoms with E-state index in [1.807, 2.05) is 25.1 Å². The van der Waals surface area contributed by atoms with E-state index in [-0.39, 0.29) is 0 Å². The van der Waals surface area contributed by atoms with E-state index in [4.69, 9.17) is 11.5 Å². The number of aromatic nitrogens is 2. The zero-order valence-electron chi connectivity index (χ0n) is 8.59. The average molecular weight is 202 g/mol. The predicted octanol–water partition coefficient (Wildman–Crippen LogP) is 1.64. The largest absolute Gasteiger partial charge is 0.396 e. The van der Waals surface area contributed by atoms with Crippen molar-refractivity contribution in [2.75, 3.05) is 11.5 Å². The van der Waals surface area contributed by atoms with Crippen LogP contribution >= 0.6 is 0 Å². The number of hydrogen-bond donors (Lipinski definition) is 2. The number of aryl methyl sites for hydroxylation is 1. The molecule has 2 aromatic rings. The number of anilines is 2. The SMILES string of the molecule is Cc1ccccn1.Nc1cccnc1N. The van der Waals surface area contributed by atoms with Crippen LogP contribution in [0.5, 0.6) is 0 Å². The van der Waals surface area contributed by atoms with Crippen LogP contribution in [0.1, 0.15) is 5.69 Å². The standard InChI is InChI=1S/C6H7N.C5H7N3/c1-6-4-2-3-5-7-6;6-4-2-1-3-8-5(4)7/h2-5H,1H3;1-3H,6H2,(H2,7,8). The summed E-state index contributed by atoms with van der Waals surface area (Å²) in [6, 6.07) is 9.31. The summed E-state index contributed by atoms with van der Waals surface area (Å²) >= 11 is 0. The molecule has 0 saturated heterocycles. The van der Waals surface area contributed by atoms with Gasteiger partial charge in [0.25, 0.3) is 0 Å². The molecule has 0 saturated carbocycles. The van der Waals surface area contributed by atoms with Gasteiger partial charge in [-0.25, -0.2) is 4.98 Å². The second-order valence-electron chi connectivity index (χ2n) is 2.95. The maximum Gasteiger partial charge on any atom is 0.146 e. The fourth-order valence-corrected chi connectivity index (χ4v) is 0.878. The van der Waals surface area contributed by atoms with Crippen LogP contribution in [-0.2, 0) is 0 Å². The summed E-state index contributed by atoms with van der Waals surface area (Å²) in [5.74, 6) is 0.396. The van der Waals surface area contributed by atoms with Gasteiger partial charge < -0.3 is 11.5 Å². The van der Waals surface area contributed by atoms with Gasteiger partial charge in [-0.1, -0.05) is 6.07 Å². The lowest BCUT2D eigenvalue weighted by molar-refractivity contribution is 1.20. The Balaban J connectivity index is 0.000000151. The molecule has 0 radical (unpaired) electrons. The molecule has 4 heteroatoms. The summed E-state index contributed by atoms with van der Waals surface area (Å²) in [6.07, 6.45) is 3.39. The minimum Gasteiger partial charge on any atom is -0.396 e. The molecule has 0 aliphatic rings. The number of pyridine rings is 2. The van der Waals surface area contributed by atoms with Gasteiger partial charge in [0.15, 0.2) is 0 Å². The number of hydrogen-bond acceptors (Lipinski definition) is 4. The first kappa shape index (κ1) is 11.0. The molecule has 0 aliphatic heterocycles. The van der Waals surface area contributed by atoms with Crippen LogP contribution in [-0.4, -0.2) is 9.97 Å². The van der Waals surface area contributed by atoms with E-state index in [0.717, 1.165) is 5.69 Å².